The minimum atomic E-state index is -1.67. The second-order valence-electron chi connectivity index (χ2n) is 16.4. The number of nitrogens with two attached hydrogens (primary N) is 1. The fraction of sp³-hybridized carbons (Fsp3) is 0.508. The molecule has 2 aliphatic heterocycles. The SMILES string of the molecule is C.CCOC(=O)COC(=O)/C=C(\C)N.CCOC(=O)COC(=O)C1=C(C)NC(C)=C(C(=O)OCC(=O)OCC)C1C(=O)OC.CCOC(=O)COC(=O)CC(C)=O.CI.CO.COC(=O)C1C(C(=O)OCC(=O)[O-])=C(C)NC(C)=C1C(=O)OCC(=O)[O-].IC(I)I.ICI.O=CC(=O)O.[CH2-]I.[CH3-].[Na+].[Na+].[Na+].[OH-].[V].[V]. The predicted molar refractivity (Wildman–Crippen MR) is 419 cm³/mol. The third-order valence-electron chi connectivity index (χ3n) is 9.30. The minimum absolute atomic E-state index is 0. The van der Waals surface area contributed by atoms with E-state index in [1.807, 2.05) is 27.5 Å². The Morgan fingerprint density at radius 2 is 0.722 bits per heavy atom. The molecule has 0 saturated heterocycles. The molecule has 0 fully saturated rings. The molecule has 0 bridgehead atoms. The number of carboxylic acids is 3. The van der Waals surface area contributed by atoms with Crippen LogP contribution in [0.1, 0.15) is 83.1 Å². The molecule has 37 nitrogen and oxygen atoms in total. The van der Waals surface area contributed by atoms with E-state index in [0.717, 1.165) is 27.3 Å². The van der Waals surface area contributed by atoms with Crippen LogP contribution in [0.15, 0.2) is 56.9 Å². The first-order valence-corrected chi connectivity index (χ1v) is 37.6. The fourth-order valence-corrected chi connectivity index (χ4v) is 6.15. The molecule has 2 heterocycles. The molecule has 0 aromatic heterocycles. The number of carbonyl (C=O) groups is 17. The molecule has 0 spiro atoms. The number of halogens is 7. The van der Waals surface area contributed by atoms with E-state index in [2.05, 4.69) is 194 Å². The Bertz CT molecular complexity index is 2760. The number of allylic oxidation sites excluding steroid dienone is 5. The largest absolute Gasteiger partial charge is 1.00 e. The Balaban J connectivity index is -0.0000000703. The van der Waals surface area contributed by atoms with Crippen LogP contribution in [0.25, 0.3) is 0 Å². The molecule has 606 valence electrons. The normalized spacial score (nSPS) is 10.7. The van der Waals surface area contributed by atoms with Gasteiger partial charge in [-0.3, -0.25) is 28.9 Å². The summed E-state index contributed by atoms with van der Waals surface area (Å²) in [6.45, 7) is 11.5. The van der Waals surface area contributed by atoms with Crippen molar-refractivity contribution in [2.24, 2.45) is 17.6 Å². The number of aldehydes is 1. The van der Waals surface area contributed by atoms with Crippen molar-refractivity contribution in [3.63, 3.8) is 0 Å². The first kappa shape index (κ1) is 145. The van der Waals surface area contributed by atoms with Crippen LogP contribution < -0.4 is 115 Å². The average Bonchev–Trinajstić information content (AvgIpc) is 0.783. The molecular formula is C59H87I7N3Na3O34V2-2. The molecule has 0 aliphatic carbocycles. The number of aliphatic hydroxyl groups is 1. The van der Waals surface area contributed by atoms with Gasteiger partial charge in [-0.2, -0.15) is 0 Å². The quantitative estimate of drug-likeness (QED) is 0.00514. The van der Waals surface area contributed by atoms with Crippen LogP contribution in [0, 0.1) is 24.2 Å². The van der Waals surface area contributed by atoms with Gasteiger partial charge in [0, 0.05) is 78.8 Å². The number of aliphatic carboxylic acids is 3. The Kier molecular flexibility index (Phi) is 127. The van der Waals surface area contributed by atoms with Crippen LogP contribution >= 0.6 is 158 Å². The summed E-state index contributed by atoms with van der Waals surface area (Å²) in [5.74, 6) is -18.7. The summed E-state index contributed by atoms with van der Waals surface area (Å²) in [5.41, 5.74) is 4.95. The number of alkyl halides is 6. The Hall–Kier alpha value is -1.31. The van der Waals surface area contributed by atoms with E-state index >= 15 is 0 Å². The van der Waals surface area contributed by atoms with Gasteiger partial charge in [-0.1, -0.05) is 143 Å². The van der Waals surface area contributed by atoms with Crippen molar-refractivity contribution in [3.8, 4) is 0 Å². The van der Waals surface area contributed by atoms with Crippen molar-refractivity contribution in [3.05, 3.63) is 69.2 Å². The van der Waals surface area contributed by atoms with Gasteiger partial charge in [-0.25, -0.2) is 47.9 Å². The van der Waals surface area contributed by atoms with Crippen LogP contribution in [0.5, 0.6) is 0 Å². The summed E-state index contributed by atoms with van der Waals surface area (Å²) in [5, 5.41) is 40.7. The van der Waals surface area contributed by atoms with E-state index in [9.17, 15) is 82.1 Å². The predicted octanol–water partition coefficient (Wildman–Crippen LogP) is -5.87. The van der Waals surface area contributed by atoms with E-state index in [1.165, 1.54) is 37.1 Å². The number of dihydropyridines is 2. The molecule has 2 radical (unpaired) electrons. The van der Waals surface area contributed by atoms with E-state index in [4.69, 9.17) is 39.7 Å². The van der Waals surface area contributed by atoms with E-state index in [-0.39, 0.29) is 243 Å². The zero-order valence-corrected chi connectivity index (χ0v) is 85.6. The molecule has 0 unspecified atom stereocenters. The maximum atomic E-state index is 12.6. The molecule has 2 aliphatic rings. The number of ether oxygens (including phenoxy) is 12. The topological polar surface area (TPSA) is 568 Å². The Labute approximate surface area is 813 Å². The number of Topliss-reactive ketones (excluding diaryl/α,β-unsaturated/α-hetero) is 1. The third-order valence-corrected chi connectivity index (χ3v) is 9.30. The number of carbonyl (C=O) groups excluding carboxylic acids is 16. The van der Waals surface area contributed by atoms with Gasteiger partial charge in [0.2, 0.25) is 6.29 Å². The molecule has 0 aromatic rings. The number of nitrogens with one attached hydrogen (secondary N) is 2. The summed E-state index contributed by atoms with van der Waals surface area (Å²) in [7, 11) is 3.08. The first-order chi connectivity index (χ1) is 46.8. The molecule has 0 amide bonds. The number of hydrogen-bond acceptors (Lipinski definition) is 36. The standard InChI is InChI=1S/C19H25NO10.C15H17NO10.C8H13NO4.C8H12O5.C2H2O3.CHI3.CH2I2.CH3I.CH2I.CH4O.CH4.CH3.3Na.H2O.2V/c1-6-27-12(21)8-29-18(24)14-10(3)20-11(4)15(16(14)17(23)26-5)19(25)30-9-13(22)28-7-2;1-6-10(14(22)25-4-8(17)18)12(13(21)24-3)11(7(2)16-6)15(23)26-5-9(19)20;2*1-3-12-8(11)5-13-7(10)4-6(2)9;3-1-2(4)5;2-1(3)4;2-1-3;3*1-2;;;;;;;;/h16,20H,6-9H2,1-5H3;12,16H,4-5H2,1-3H3,(H,17,18)(H,19,20);4H,3,5,9H2,1-2H3;3-5H2,1-2H3;1H,(H,4,5);1H;1H2;1H3;1H2;2H,1H3;1H4;1H3;;;;1H2;;/q;;;;;;;;-1;;;-1;3*+1;;;/p-3/b;;6-4+;;;;;;;;;;;;;;;. The number of carboxylic acid groups (broad SMARTS) is 3. The van der Waals surface area contributed by atoms with Crippen LogP contribution in [0.2, 0.25) is 0 Å². The zero-order chi connectivity index (χ0) is 80.0. The smallest absolute Gasteiger partial charge is 0.870 e. The number of rotatable bonds is 26. The van der Waals surface area contributed by atoms with Crippen LogP contribution in [-0.4, -0.2) is 212 Å². The number of ketones is 1. The number of methoxy groups -OCH3 is 2. The van der Waals surface area contributed by atoms with Gasteiger partial charge in [-0.05, 0) is 74.2 Å². The Morgan fingerprint density at radius 3 is 0.907 bits per heavy atom. The summed E-state index contributed by atoms with van der Waals surface area (Å²) >= 11 is 15.6. The maximum absolute atomic E-state index is 12.6. The third kappa shape index (κ3) is 79.9. The van der Waals surface area contributed by atoms with Crippen molar-refractivity contribution in [2.75, 3.05) is 94.8 Å². The van der Waals surface area contributed by atoms with Gasteiger partial charge in [0.1, 0.15) is 37.2 Å². The number of aliphatic hydroxyl groups excluding tert-OH is 1. The van der Waals surface area contributed by atoms with E-state index in [0.29, 0.717) is 5.70 Å². The van der Waals surface area contributed by atoms with Gasteiger partial charge in [0.25, 0.3) is 0 Å². The summed E-state index contributed by atoms with van der Waals surface area (Å²) in [6.07, 6.45) is 0.624. The van der Waals surface area contributed by atoms with Gasteiger partial charge in [-0.15, -0.1) is 0 Å². The molecular weight excluding hydrogens is 2350 g/mol. The summed E-state index contributed by atoms with van der Waals surface area (Å²) in [6, 6.07) is 0. The van der Waals surface area contributed by atoms with Crippen molar-refractivity contribution < 1.29 is 290 Å². The summed E-state index contributed by atoms with van der Waals surface area (Å²) in [4.78, 5) is 194. The number of hydrogen-bond donors (Lipinski definition) is 5. The fourth-order valence-electron chi connectivity index (χ4n) is 6.15. The van der Waals surface area contributed by atoms with Gasteiger partial charge in [0.05, 0.1) is 77.3 Å². The molecule has 0 aromatic carbocycles. The molecule has 2 rings (SSSR count). The molecule has 0 atom stereocenters. The summed E-state index contributed by atoms with van der Waals surface area (Å²) < 4.78 is 57.5. The second-order valence-corrected chi connectivity index (χ2v) is 31.8. The van der Waals surface area contributed by atoms with Crippen LogP contribution in [0.3, 0.4) is 0 Å². The average molecular weight is 2440 g/mol. The van der Waals surface area contributed by atoms with E-state index < -0.39 is 134 Å². The van der Waals surface area contributed by atoms with Crippen LogP contribution in [-0.2, 0) is 175 Å². The van der Waals surface area contributed by atoms with Crippen molar-refractivity contribution in [2.45, 2.75) is 83.0 Å². The van der Waals surface area contributed by atoms with Crippen LogP contribution in [0.4, 0.5) is 0 Å². The maximum Gasteiger partial charge on any atom is 1.00 e. The van der Waals surface area contributed by atoms with E-state index in [1.54, 1.807) is 34.6 Å². The molecule has 7 N–H and O–H groups in total. The first-order valence-electron chi connectivity index (χ1n) is 27.1. The second kappa shape index (κ2) is 94.5. The molecule has 0 saturated carbocycles. The minimum Gasteiger partial charge on any atom is -0.870 e. The molecule has 49 heteroatoms. The monoisotopic (exact) mass is 2440 g/mol. The molecule has 108 heavy (non-hydrogen) atoms. The van der Waals surface area contributed by atoms with Crippen molar-refractivity contribution in [1.29, 1.82) is 0 Å². The van der Waals surface area contributed by atoms with Crippen molar-refractivity contribution >= 4 is 260 Å². The van der Waals surface area contributed by atoms with Gasteiger partial charge < -0.3 is 139 Å². The zero-order valence-electron chi connectivity index (χ0n) is 61.7. The number of esters is 12. The Morgan fingerprint density at radius 1 is 0.509 bits per heavy atom. The van der Waals surface area contributed by atoms with Gasteiger partial charge in [0.15, 0.2) is 26.4 Å². The van der Waals surface area contributed by atoms with Crippen molar-refractivity contribution in [1.82, 2.24) is 10.6 Å². The van der Waals surface area contributed by atoms with Gasteiger partial charge >= 0.3 is 166 Å².